The van der Waals surface area contributed by atoms with Crippen molar-refractivity contribution in [3.63, 3.8) is 0 Å². The largest absolute Gasteiger partial charge is 0.454 e. The maximum absolute atomic E-state index is 12.1. The van der Waals surface area contributed by atoms with Crippen molar-refractivity contribution < 1.29 is 19.2 Å². The third-order valence-corrected chi connectivity index (χ3v) is 3.93. The van der Waals surface area contributed by atoms with Gasteiger partial charge in [0.1, 0.15) is 0 Å². The Morgan fingerprint density at radius 2 is 2.25 bits per heavy atom. The van der Waals surface area contributed by atoms with Crippen molar-refractivity contribution in [3.8, 4) is 11.5 Å². The summed E-state index contributed by atoms with van der Waals surface area (Å²) in [7, 11) is 0. The molecule has 3 rings (SSSR count). The second-order valence-corrected chi connectivity index (χ2v) is 5.74. The Morgan fingerprint density at radius 3 is 3.10 bits per heavy atom. The minimum Gasteiger partial charge on any atom is -0.454 e. The van der Waals surface area contributed by atoms with Gasteiger partial charge in [0, 0.05) is 17.7 Å². The van der Waals surface area contributed by atoms with Crippen LogP contribution in [0.5, 0.6) is 11.5 Å². The highest BCUT2D eigenvalue weighted by atomic mass is 16.7. The lowest BCUT2D eigenvalue weighted by Gasteiger charge is -2.27. The van der Waals surface area contributed by atoms with Crippen LogP contribution in [0.2, 0.25) is 0 Å². The third-order valence-electron chi connectivity index (χ3n) is 3.93. The molecule has 1 aromatic rings. The third kappa shape index (κ3) is 3.04. The van der Waals surface area contributed by atoms with Gasteiger partial charge in [0.15, 0.2) is 18.0 Å². The van der Waals surface area contributed by atoms with E-state index in [0.717, 1.165) is 30.4 Å². The zero-order chi connectivity index (χ0) is 13.9. The van der Waals surface area contributed by atoms with E-state index >= 15 is 0 Å². The van der Waals surface area contributed by atoms with Crippen LogP contribution < -0.4 is 19.7 Å². The highest BCUT2D eigenvalue weighted by molar-refractivity contribution is 5.91. The lowest BCUT2D eigenvalue weighted by Crippen LogP contribution is -3.14. The fourth-order valence-corrected chi connectivity index (χ4v) is 2.96. The average molecular weight is 277 g/mol. The van der Waals surface area contributed by atoms with Gasteiger partial charge >= 0.3 is 0 Å². The predicted octanol–water partition coefficient (Wildman–Crippen LogP) is 0.669. The van der Waals surface area contributed by atoms with Crippen molar-refractivity contribution in [2.24, 2.45) is 5.92 Å². The van der Waals surface area contributed by atoms with E-state index in [4.69, 9.17) is 9.47 Å². The average Bonchev–Trinajstić information content (AvgIpc) is 2.86. The number of nitrogens with one attached hydrogen (secondary N) is 2. The second-order valence-electron chi connectivity index (χ2n) is 5.74. The zero-order valence-electron chi connectivity index (χ0n) is 11.8. The topological polar surface area (TPSA) is 52.0 Å². The SMILES string of the molecule is C[C@H]1CCC[NH+](CC(=O)Nc2ccc3c(c2)OCO3)C1. The summed E-state index contributed by atoms with van der Waals surface area (Å²) in [5.41, 5.74) is 0.767. The molecule has 0 saturated carbocycles. The number of piperidine rings is 1. The quantitative estimate of drug-likeness (QED) is 0.854. The molecule has 0 aromatic heterocycles. The highest BCUT2D eigenvalue weighted by Gasteiger charge is 2.22. The molecule has 1 unspecified atom stereocenters. The Bertz CT molecular complexity index is 504. The van der Waals surface area contributed by atoms with E-state index in [1.165, 1.54) is 17.7 Å². The van der Waals surface area contributed by atoms with E-state index in [-0.39, 0.29) is 12.7 Å². The van der Waals surface area contributed by atoms with Crippen LogP contribution in [0.15, 0.2) is 18.2 Å². The van der Waals surface area contributed by atoms with Crippen LogP contribution in [-0.2, 0) is 4.79 Å². The summed E-state index contributed by atoms with van der Waals surface area (Å²) in [5.74, 6) is 2.21. The molecule has 1 amide bonds. The highest BCUT2D eigenvalue weighted by Crippen LogP contribution is 2.34. The van der Waals surface area contributed by atoms with Crippen LogP contribution in [0.1, 0.15) is 19.8 Å². The number of ether oxygens (including phenoxy) is 2. The number of rotatable bonds is 3. The summed E-state index contributed by atoms with van der Waals surface area (Å²) >= 11 is 0. The summed E-state index contributed by atoms with van der Waals surface area (Å²) in [5, 5.41) is 2.94. The van der Waals surface area contributed by atoms with E-state index in [9.17, 15) is 4.79 Å². The zero-order valence-corrected chi connectivity index (χ0v) is 11.8. The molecule has 2 N–H and O–H groups in total. The van der Waals surface area contributed by atoms with Gasteiger partial charge in [-0.1, -0.05) is 6.92 Å². The number of fused-ring (bicyclic) bond motifs is 1. The molecule has 108 valence electrons. The van der Waals surface area contributed by atoms with Gasteiger partial charge in [-0.05, 0) is 25.0 Å². The molecule has 0 aliphatic carbocycles. The van der Waals surface area contributed by atoms with Gasteiger partial charge in [-0.3, -0.25) is 4.79 Å². The van der Waals surface area contributed by atoms with Crippen molar-refractivity contribution in [2.75, 3.05) is 31.7 Å². The summed E-state index contributed by atoms with van der Waals surface area (Å²) in [4.78, 5) is 13.5. The number of carbonyl (C=O) groups is 1. The van der Waals surface area contributed by atoms with Crippen molar-refractivity contribution in [2.45, 2.75) is 19.8 Å². The van der Waals surface area contributed by atoms with Crippen LogP contribution in [0.3, 0.4) is 0 Å². The Morgan fingerprint density at radius 1 is 1.40 bits per heavy atom. The Kier molecular flexibility index (Phi) is 3.78. The Balaban J connectivity index is 1.56. The molecule has 0 spiro atoms. The van der Waals surface area contributed by atoms with Gasteiger partial charge in [0.05, 0.1) is 13.1 Å². The molecular weight excluding hydrogens is 256 g/mol. The van der Waals surface area contributed by atoms with Gasteiger partial charge in [-0.15, -0.1) is 0 Å². The number of benzene rings is 1. The molecule has 2 aliphatic rings. The lowest BCUT2D eigenvalue weighted by molar-refractivity contribution is -0.900. The van der Waals surface area contributed by atoms with Crippen LogP contribution >= 0.6 is 0 Å². The first kappa shape index (κ1) is 13.2. The van der Waals surface area contributed by atoms with E-state index < -0.39 is 0 Å². The van der Waals surface area contributed by atoms with E-state index in [1.54, 1.807) is 0 Å². The van der Waals surface area contributed by atoms with Crippen LogP contribution in [0.4, 0.5) is 5.69 Å². The molecule has 5 nitrogen and oxygen atoms in total. The first-order valence-electron chi connectivity index (χ1n) is 7.24. The van der Waals surface area contributed by atoms with Crippen molar-refractivity contribution in [1.29, 1.82) is 0 Å². The summed E-state index contributed by atoms with van der Waals surface area (Å²) in [6.45, 7) is 5.24. The molecule has 1 fully saturated rings. The number of quaternary nitrogens is 1. The summed E-state index contributed by atoms with van der Waals surface area (Å²) in [6.07, 6.45) is 2.50. The monoisotopic (exact) mass is 277 g/mol. The van der Waals surface area contributed by atoms with Crippen molar-refractivity contribution in [3.05, 3.63) is 18.2 Å². The van der Waals surface area contributed by atoms with Crippen molar-refractivity contribution >= 4 is 11.6 Å². The number of likely N-dealkylation sites (tertiary alicyclic amines) is 1. The minimum absolute atomic E-state index is 0.0629. The van der Waals surface area contributed by atoms with Crippen LogP contribution in [0.25, 0.3) is 0 Å². The number of anilines is 1. The summed E-state index contributed by atoms with van der Waals surface area (Å²) in [6, 6.07) is 5.49. The fourth-order valence-electron chi connectivity index (χ4n) is 2.96. The molecule has 2 heterocycles. The van der Waals surface area contributed by atoms with Crippen molar-refractivity contribution in [1.82, 2.24) is 0 Å². The van der Waals surface area contributed by atoms with Gasteiger partial charge in [0.2, 0.25) is 6.79 Å². The lowest BCUT2D eigenvalue weighted by atomic mass is 10.0. The van der Waals surface area contributed by atoms with E-state index in [1.807, 2.05) is 18.2 Å². The smallest absolute Gasteiger partial charge is 0.279 e. The normalized spacial score (nSPS) is 24.4. The van der Waals surface area contributed by atoms with Gasteiger partial charge in [0.25, 0.3) is 5.91 Å². The summed E-state index contributed by atoms with van der Waals surface area (Å²) < 4.78 is 10.6. The molecular formula is C15H21N2O3+. The Labute approximate surface area is 118 Å². The maximum atomic E-state index is 12.1. The fraction of sp³-hybridized carbons (Fsp3) is 0.533. The standard InChI is InChI=1S/C15H20N2O3/c1-11-3-2-6-17(8-11)9-15(18)16-12-4-5-13-14(7-12)20-10-19-13/h4-5,7,11H,2-3,6,8-10H2,1H3,(H,16,18)/p+1/t11-/m0/s1. The molecule has 1 aromatic carbocycles. The molecule has 20 heavy (non-hydrogen) atoms. The minimum atomic E-state index is 0.0629. The van der Waals surface area contributed by atoms with E-state index in [0.29, 0.717) is 12.3 Å². The second kappa shape index (κ2) is 5.71. The van der Waals surface area contributed by atoms with Crippen LogP contribution in [0, 0.1) is 5.92 Å². The number of amides is 1. The molecule has 5 heteroatoms. The first-order chi connectivity index (χ1) is 9.70. The molecule has 2 aliphatic heterocycles. The van der Waals surface area contributed by atoms with E-state index in [2.05, 4.69) is 12.2 Å². The number of hydrogen-bond donors (Lipinski definition) is 2. The molecule has 2 atom stereocenters. The number of carbonyl (C=O) groups excluding carboxylic acids is 1. The molecule has 0 radical (unpaired) electrons. The number of hydrogen-bond acceptors (Lipinski definition) is 3. The van der Waals surface area contributed by atoms with Gasteiger partial charge in [-0.2, -0.15) is 0 Å². The molecule has 1 saturated heterocycles. The van der Waals surface area contributed by atoms with Gasteiger partial charge < -0.3 is 19.7 Å². The van der Waals surface area contributed by atoms with Crippen LogP contribution in [-0.4, -0.2) is 32.3 Å². The predicted molar refractivity (Wildman–Crippen MR) is 75.2 cm³/mol. The first-order valence-corrected chi connectivity index (χ1v) is 7.24. The maximum Gasteiger partial charge on any atom is 0.279 e. The van der Waals surface area contributed by atoms with Gasteiger partial charge in [-0.25, -0.2) is 0 Å². The molecule has 0 bridgehead atoms. The Hall–Kier alpha value is -1.75.